The van der Waals surface area contributed by atoms with Gasteiger partial charge in [0.2, 0.25) is 5.91 Å². The Morgan fingerprint density at radius 1 is 1.24 bits per heavy atom. The topological polar surface area (TPSA) is 72.7 Å². The van der Waals surface area contributed by atoms with Crippen molar-refractivity contribution < 1.29 is 4.79 Å². The second kappa shape index (κ2) is 7.94. The van der Waals surface area contributed by atoms with Gasteiger partial charge in [-0.2, -0.15) is 0 Å². The van der Waals surface area contributed by atoms with Crippen LogP contribution in [-0.4, -0.2) is 31.4 Å². The molecule has 0 fully saturated rings. The van der Waals surface area contributed by atoms with Crippen molar-refractivity contribution in [3.63, 3.8) is 0 Å². The van der Waals surface area contributed by atoms with E-state index in [4.69, 9.17) is 0 Å². The van der Waals surface area contributed by atoms with Gasteiger partial charge in [0.25, 0.3) is 0 Å². The summed E-state index contributed by atoms with van der Waals surface area (Å²) in [7, 11) is 0. The Balaban J connectivity index is 1.64. The monoisotopic (exact) mass is 353 g/mol. The predicted octanol–water partition coefficient (Wildman–Crippen LogP) is 3.23. The molecule has 0 saturated heterocycles. The van der Waals surface area contributed by atoms with Crippen molar-refractivity contribution >= 4 is 23.4 Å². The van der Waals surface area contributed by atoms with E-state index >= 15 is 0 Å². The molecule has 0 aliphatic carbocycles. The van der Waals surface area contributed by atoms with Crippen LogP contribution in [0, 0.1) is 6.92 Å². The first-order valence-corrected chi connectivity index (χ1v) is 8.99. The Bertz CT molecular complexity index is 836. The molecule has 3 rings (SSSR count). The van der Waals surface area contributed by atoms with Crippen LogP contribution in [0.4, 0.5) is 5.69 Å². The van der Waals surface area contributed by atoms with Crippen LogP contribution in [0.2, 0.25) is 0 Å². The molecule has 1 unspecified atom stereocenters. The van der Waals surface area contributed by atoms with E-state index in [-0.39, 0.29) is 11.2 Å². The quantitative estimate of drug-likeness (QED) is 0.736. The van der Waals surface area contributed by atoms with Gasteiger partial charge < -0.3 is 5.32 Å². The first-order chi connectivity index (χ1) is 12.1. The number of benzene rings is 2. The van der Waals surface area contributed by atoms with Crippen molar-refractivity contribution in [1.82, 2.24) is 20.2 Å². The van der Waals surface area contributed by atoms with Crippen LogP contribution in [0.1, 0.15) is 18.1 Å². The highest BCUT2D eigenvalue weighted by Crippen LogP contribution is 2.22. The molecule has 3 aromatic rings. The summed E-state index contributed by atoms with van der Waals surface area (Å²) in [4.78, 5) is 12.5. The summed E-state index contributed by atoms with van der Waals surface area (Å²) in [6, 6.07) is 15.9. The molecule has 2 aromatic carbocycles. The second-order valence-corrected chi connectivity index (χ2v) is 7.01. The third kappa shape index (κ3) is 4.45. The van der Waals surface area contributed by atoms with Gasteiger partial charge in [0, 0.05) is 11.4 Å². The molecule has 7 heteroatoms. The van der Waals surface area contributed by atoms with Crippen molar-refractivity contribution in [2.75, 3.05) is 5.32 Å². The zero-order chi connectivity index (χ0) is 17.6. The van der Waals surface area contributed by atoms with Gasteiger partial charge in [-0.05, 0) is 47.5 Å². The molecule has 0 bridgehead atoms. The van der Waals surface area contributed by atoms with E-state index in [1.54, 1.807) is 16.4 Å². The number of nitrogens with zero attached hydrogens (tertiary/aromatic N) is 4. The number of hydrogen-bond acceptors (Lipinski definition) is 5. The maximum atomic E-state index is 12.5. The van der Waals surface area contributed by atoms with Gasteiger partial charge >= 0.3 is 0 Å². The molecule has 0 spiro atoms. The van der Waals surface area contributed by atoms with Gasteiger partial charge in [-0.1, -0.05) is 36.4 Å². The van der Waals surface area contributed by atoms with Gasteiger partial charge in [0.15, 0.2) is 0 Å². The lowest BCUT2D eigenvalue weighted by Gasteiger charge is -2.14. The van der Waals surface area contributed by atoms with E-state index in [0.717, 1.165) is 22.7 Å². The number of tetrazole rings is 1. The first kappa shape index (κ1) is 17.2. The number of rotatable bonds is 6. The van der Waals surface area contributed by atoms with Crippen molar-refractivity contribution in [1.29, 1.82) is 0 Å². The number of thioether (sulfide) groups is 1. The molecule has 6 nitrogen and oxygen atoms in total. The van der Waals surface area contributed by atoms with Crippen LogP contribution in [-0.2, 0) is 10.5 Å². The van der Waals surface area contributed by atoms with E-state index in [2.05, 4.69) is 33.0 Å². The summed E-state index contributed by atoms with van der Waals surface area (Å²) in [5.41, 5.74) is 3.77. The summed E-state index contributed by atoms with van der Waals surface area (Å²) < 4.78 is 1.56. The molecule has 1 atom stereocenters. The van der Waals surface area contributed by atoms with E-state index in [0.29, 0.717) is 0 Å². The Morgan fingerprint density at radius 3 is 2.76 bits per heavy atom. The molecule has 25 heavy (non-hydrogen) atoms. The molecular formula is C18H19N5OS. The fourth-order valence-electron chi connectivity index (χ4n) is 2.27. The Hall–Kier alpha value is -2.67. The summed E-state index contributed by atoms with van der Waals surface area (Å²) in [5.74, 6) is 0.789. The summed E-state index contributed by atoms with van der Waals surface area (Å²) in [5, 5.41) is 14.0. The smallest absolute Gasteiger partial charge is 0.237 e. The summed E-state index contributed by atoms with van der Waals surface area (Å²) in [6.45, 7) is 3.88. The third-order valence-electron chi connectivity index (χ3n) is 3.80. The molecule has 0 aliphatic heterocycles. The van der Waals surface area contributed by atoms with Crippen LogP contribution >= 0.6 is 11.8 Å². The third-order valence-corrected chi connectivity index (χ3v) is 5.02. The number of aryl methyl sites for hydroxylation is 1. The number of anilines is 1. The van der Waals surface area contributed by atoms with Crippen LogP contribution in [0.5, 0.6) is 0 Å². The lowest BCUT2D eigenvalue weighted by atomic mass is 10.1. The summed E-state index contributed by atoms with van der Waals surface area (Å²) in [6.07, 6.45) is 1.52. The average Bonchev–Trinajstić information content (AvgIpc) is 3.17. The highest BCUT2D eigenvalue weighted by atomic mass is 32.2. The zero-order valence-electron chi connectivity index (χ0n) is 14.1. The Kier molecular flexibility index (Phi) is 5.45. The molecule has 1 heterocycles. The molecular weight excluding hydrogens is 334 g/mol. The highest BCUT2D eigenvalue weighted by Gasteiger charge is 2.15. The van der Waals surface area contributed by atoms with Crippen molar-refractivity contribution in [3.05, 3.63) is 66.0 Å². The van der Waals surface area contributed by atoms with E-state index in [1.165, 1.54) is 11.9 Å². The predicted molar refractivity (Wildman–Crippen MR) is 99.7 cm³/mol. The van der Waals surface area contributed by atoms with Gasteiger partial charge in [0.1, 0.15) is 6.33 Å². The standard InChI is InChI=1S/C18H19N5OS/c1-13-8-9-16(23-12-19-21-22-23)10-17(13)20-18(24)14(2)25-11-15-6-4-3-5-7-15/h3-10,12,14H,11H2,1-2H3,(H,20,24). The fourth-order valence-corrected chi connectivity index (χ4v) is 3.12. The molecule has 0 radical (unpaired) electrons. The normalized spacial score (nSPS) is 11.9. The molecule has 1 amide bonds. The second-order valence-electron chi connectivity index (χ2n) is 5.68. The molecule has 0 saturated carbocycles. The Morgan fingerprint density at radius 2 is 2.04 bits per heavy atom. The van der Waals surface area contributed by atoms with Crippen LogP contribution in [0.3, 0.4) is 0 Å². The number of amides is 1. The molecule has 128 valence electrons. The number of carbonyl (C=O) groups excluding carboxylic acids is 1. The van der Waals surface area contributed by atoms with Crippen molar-refractivity contribution in [3.8, 4) is 5.69 Å². The minimum atomic E-state index is -0.156. The van der Waals surface area contributed by atoms with Gasteiger partial charge in [0.05, 0.1) is 10.9 Å². The lowest BCUT2D eigenvalue weighted by Crippen LogP contribution is -2.23. The van der Waals surface area contributed by atoms with Crippen LogP contribution in [0.15, 0.2) is 54.9 Å². The van der Waals surface area contributed by atoms with Gasteiger partial charge in [-0.15, -0.1) is 16.9 Å². The maximum Gasteiger partial charge on any atom is 0.237 e. The largest absolute Gasteiger partial charge is 0.325 e. The van der Waals surface area contributed by atoms with E-state index in [1.807, 2.05) is 50.2 Å². The lowest BCUT2D eigenvalue weighted by molar-refractivity contribution is -0.115. The Labute approximate surface area is 150 Å². The fraction of sp³-hybridized carbons (Fsp3) is 0.222. The maximum absolute atomic E-state index is 12.5. The van der Waals surface area contributed by atoms with E-state index < -0.39 is 0 Å². The number of carbonyl (C=O) groups is 1. The molecule has 1 aromatic heterocycles. The molecule has 1 N–H and O–H groups in total. The minimum Gasteiger partial charge on any atom is -0.325 e. The zero-order valence-corrected chi connectivity index (χ0v) is 14.9. The van der Waals surface area contributed by atoms with E-state index in [9.17, 15) is 4.79 Å². The van der Waals surface area contributed by atoms with Crippen LogP contribution in [0.25, 0.3) is 5.69 Å². The van der Waals surface area contributed by atoms with Crippen molar-refractivity contribution in [2.24, 2.45) is 0 Å². The minimum absolute atomic E-state index is 0.0158. The number of nitrogens with one attached hydrogen (secondary N) is 1. The SMILES string of the molecule is Cc1ccc(-n2cnnn2)cc1NC(=O)C(C)SCc1ccccc1. The van der Waals surface area contributed by atoms with Gasteiger partial charge in [-0.3, -0.25) is 4.79 Å². The highest BCUT2D eigenvalue weighted by molar-refractivity contribution is 7.99. The number of aromatic nitrogens is 4. The van der Waals surface area contributed by atoms with Crippen molar-refractivity contribution in [2.45, 2.75) is 24.9 Å². The summed E-state index contributed by atoms with van der Waals surface area (Å²) >= 11 is 1.62. The molecule has 0 aliphatic rings. The number of hydrogen-bond donors (Lipinski definition) is 1. The first-order valence-electron chi connectivity index (χ1n) is 7.94. The average molecular weight is 353 g/mol. The van der Waals surface area contributed by atoms with Crippen LogP contribution < -0.4 is 5.32 Å². The van der Waals surface area contributed by atoms with Gasteiger partial charge in [-0.25, -0.2) is 4.68 Å².